The molecule has 1 atom stereocenters. The molecule has 1 unspecified atom stereocenters. The van der Waals surface area contributed by atoms with E-state index in [9.17, 15) is 14.7 Å². The molecule has 0 aromatic rings. The second kappa shape index (κ2) is 10.3. The van der Waals surface area contributed by atoms with Crippen molar-refractivity contribution in [1.82, 2.24) is 5.32 Å². The molecule has 0 fully saturated rings. The lowest BCUT2D eigenvalue weighted by atomic mass is 9.95. The zero-order valence-corrected chi connectivity index (χ0v) is 14.0. The number of allylic oxidation sites excluding steroid dienone is 4. The number of aliphatic hydroxyl groups is 1. The normalized spacial score (nSPS) is 13.7. The molecule has 5 heteroatoms. The molecule has 1 amide bonds. The van der Waals surface area contributed by atoms with E-state index in [0.717, 1.165) is 12.8 Å². The van der Waals surface area contributed by atoms with Gasteiger partial charge in [-0.15, -0.1) is 0 Å². The van der Waals surface area contributed by atoms with Crippen LogP contribution in [0.1, 0.15) is 47.0 Å². The number of aliphatic hydroxyl groups excluding tert-OH is 1. The standard InChI is InChI=1S/C16H25NO3S/c1-5-6-11(2)7-8-12(3)15(19)14(16(20)21)9-10-17-13(4)18/h7-8,14H,5-6,9-10H2,1-4H3,(H,17,18)(H,20,21)/b11-7+,12-8+. The van der Waals surface area contributed by atoms with Crippen LogP contribution in [0.15, 0.2) is 23.3 Å². The zero-order chi connectivity index (χ0) is 16.4. The van der Waals surface area contributed by atoms with Crippen LogP contribution in [-0.4, -0.2) is 28.4 Å². The highest BCUT2D eigenvalue weighted by molar-refractivity contribution is 7.80. The third kappa shape index (κ3) is 8.40. The van der Waals surface area contributed by atoms with Gasteiger partial charge in [-0.1, -0.05) is 31.1 Å². The number of ketones is 1. The molecule has 0 heterocycles. The fourth-order valence-electron chi connectivity index (χ4n) is 1.86. The van der Waals surface area contributed by atoms with Gasteiger partial charge in [0.25, 0.3) is 0 Å². The maximum absolute atomic E-state index is 12.3. The number of Topliss-reactive ketones (excluding diaryl/α,β-unsaturated/α-hetero) is 1. The minimum Gasteiger partial charge on any atom is -0.501 e. The molecule has 0 aliphatic carbocycles. The van der Waals surface area contributed by atoms with Crippen LogP contribution in [0.3, 0.4) is 0 Å². The van der Waals surface area contributed by atoms with Gasteiger partial charge in [0.15, 0.2) is 10.8 Å². The van der Waals surface area contributed by atoms with Gasteiger partial charge in [-0.2, -0.15) is 0 Å². The van der Waals surface area contributed by atoms with Crippen LogP contribution in [0.5, 0.6) is 0 Å². The maximum atomic E-state index is 12.3. The van der Waals surface area contributed by atoms with Crippen LogP contribution in [0, 0.1) is 5.92 Å². The van der Waals surface area contributed by atoms with Gasteiger partial charge in [0.1, 0.15) is 0 Å². The highest BCUT2D eigenvalue weighted by Crippen LogP contribution is 2.13. The molecule has 4 nitrogen and oxygen atoms in total. The van der Waals surface area contributed by atoms with E-state index in [2.05, 4.69) is 12.2 Å². The maximum Gasteiger partial charge on any atom is 0.216 e. The number of carbonyl (C=O) groups excluding carboxylic acids is 2. The third-order valence-corrected chi connectivity index (χ3v) is 3.36. The van der Waals surface area contributed by atoms with Crippen LogP contribution in [0.25, 0.3) is 0 Å². The number of amides is 1. The van der Waals surface area contributed by atoms with Crippen LogP contribution < -0.4 is 5.32 Å². The number of carbonyl (C=O) groups is 2. The molecule has 0 spiro atoms. The van der Waals surface area contributed by atoms with Crippen molar-refractivity contribution in [2.75, 3.05) is 6.54 Å². The first-order valence-electron chi connectivity index (χ1n) is 7.15. The average Bonchev–Trinajstić information content (AvgIpc) is 2.39. The second-order valence-electron chi connectivity index (χ2n) is 5.14. The summed E-state index contributed by atoms with van der Waals surface area (Å²) in [5, 5.41) is 11.8. The Morgan fingerprint density at radius 2 is 1.86 bits per heavy atom. The van der Waals surface area contributed by atoms with E-state index >= 15 is 0 Å². The molecule has 0 aromatic heterocycles. The highest BCUT2D eigenvalue weighted by atomic mass is 32.1. The molecule has 0 aliphatic heterocycles. The Labute approximate surface area is 132 Å². The number of hydrogen-bond donors (Lipinski definition) is 2. The lowest BCUT2D eigenvalue weighted by Gasteiger charge is -2.13. The molecule has 0 radical (unpaired) electrons. The quantitative estimate of drug-likeness (QED) is 0.389. The number of rotatable bonds is 9. The summed E-state index contributed by atoms with van der Waals surface area (Å²) in [5.41, 5.74) is 1.75. The molecule has 2 N–H and O–H groups in total. The molecule has 0 aromatic carbocycles. The van der Waals surface area contributed by atoms with Gasteiger partial charge in [0, 0.05) is 13.5 Å². The second-order valence-corrected chi connectivity index (χ2v) is 5.56. The van der Waals surface area contributed by atoms with Crippen molar-refractivity contribution in [2.45, 2.75) is 47.0 Å². The molecule has 0 saturated carbocycles. The van der Waals surface area contributed by atoms with Crippen LogP contribution in [-0.2, 0) is 9.59 Å². The van der Waals surface area contributed by atoms with Gasteiger partial charge < -0.3 is 10.4 Å². The first kappa shape index (κ1) is 19.5. The van der Waals surface area contributed by atoms with Crippen molar-refractivity contribution in [3.8, 4) is 0 Å². The molecular weight excluding hydrogens is 286 g/mol. The van der Waals surface area contributed by atoms with Gasteiger partial charge in [-0.3, -0.25) is 9.59 Å². The Morgan fingerprint density at radius 3 is 2.33 bits per heavy atom. The number of thiocarbonyl (C=S) groups is 1. The Hall–Kier alpha value is -1.49. The van der Waals surface area contributed by atoms with Crippen LogP contribution >= 0.6 is 12.2 Å². The summed E-state index contributed by atoms with van der Waals surface area (Å²) in [7, 11) is 0. The van der Waals surface area contributed by atoms with Gasteiger partial charge in [0.05, 0.1) is 5.92 Å². The van der Waals surface area contributed by atoms with Gasteiger partial charge >= 0.3 is 0 Å². The summed E-state index contributed by atoms with van der Waals surface area (Å²) >= 11 is 4.75. The molecule has 0 bridgehead atoms. The lowest BCUT2D eigenvalue weighted by Crippen LogP contribution is -2.29. The summed E-state index contributed by atoms with van der Waals surface area (Å²) in [6.07, 6.45) is 6.03. The Morgan fingerprint density at radius 1 is 1.24 bits per heavy atom. The van der Waals surface area contributed by atoms with Gasteiger partial charge in [-0.25, -0.2) is 0 Å². The van der Waals surface area contributed by atoms with Crippen molar-refractivity contribution in [3.63, 3.8) is 0 Å². The van der Waals surface area contributed by atoms with E-state index in [4.69, 9.17) is 12.2 Å². The summed E-state index contributed by atoms with van der Waals surface area (Å²) in [4.78, 5) is 23.1. The highest BCUT2D eigenvalue weighted by Gasteiger charge is 2.23. The van der Waals surface area contributed by atoms with Crippen molar-refractivity contribution < 1.29 is 14.7 Å². The van der Waals surface area contributed by atoms with Gasteiger partial charge in [0.2, 0.25) is 5.91 Å². The van der Waals surface area contributed by atoms with Crippen LogP contribution in [0.4, 0.5) is 0 Å². The molecule has 0 rings (SSSR count). The average molecular weight is 311 g/mol. The third-order valence-electron chi connectivity index (χ3n) is 3.07. The number of nitrogens with one attached hydrogen (secondary N) is 1. The summed E-state index contributed by atoms with van der Waals surface area (Å²) < 4.78 is 0. The predicted octanol–water partition coefficient (Wildman–Crippen LogP) is 3.28. The minimum absolute atomic E-state index is 0.171. The van der Waals surface area contributed by atoms with E-state index in [1.165, 1.54) is 12.5 Å². The Balaban J connectivity index is 4.80. The summed E-state index contributed by atoms with van der Waals surface area (Å²) in [5.74, 6) is -1.12. The fraction of sp³-hybridized carbons (Fsp3) is 0.562. The summed E-state index contributed by atoms with van der Waals surface area (Å²) in [6, 6.07) is 0. The Bertz CT molecular complexity index is 452. The molecular formula is C16H25NO3S. The van der Waals surface area contributed by atoms with Crippen molar-refractivity contribution >= 4 is 29.0 Å². The largest absolute Gasteiger partial charge is 0.501 e. The molecule has 118 valence electrons. The molecule has 21 heavy (non-hydrogen) atoms. The molecule has 0 saturated heterocycles. The van der Waals surface area contributed by atoms with Crippen molar-refractivity contribution in [1.29, 1.82) is 0 Å². The molecule has 0 aliphatic rings. The van der Waals surface area contributed by atoms with Gasteiger partial charge in [-0.05, 0) is 44.5 Å². The van der Waals surface area contributed by atoms with E-state index in [-0.39, 0.29) is 16.7 Å². The minimum atomic E-state index is -0.747. The first-order valence-corrected chi connectivity index (χ1v) is 7.55. The zero-order valence-electron chi connectivity index (χ0n) is 13.2. The van der Waals surface area contributed by atoms with Crippen LogP contribution in [0.2, 0.25) is 0 Å². The monoisotopic (exact) mass is 311 g/mol. The van der Waals surface area contributed by atoms with E-state index in [1.807, 2.05) is 13.0 Å². The number of hydrogen-bond acceptors (Lipinski definition) is 3. The Kier molecular flexibility index (Phi) is 9.54. The summed E-state index contributed by atoms with van der Waals surface area (Å²) in [6.45, 7) is 7.54. The topological polar surface area (TPSA) is 66.4 Å². The predicted molar refractivity (Wildman–Crippen MR) is 89.4 cm³/mol. The van der Waals surface area contributed by atoms with E-state index in [0.29, 0.717) is 18.5 Å². The first-order chi connectivity index (χ1) is 9.79. The van der Waals surface area contributed by atoms with E-state index in [1.54, 1.807) is 13.0 Å². The van der Waals surface area contributed by atoms with Crippen molar-refractivity contribution in [2.24, 2.45) is 5.92 Å². The lowest BCUT2D eigenvalue weighted by molar-refractivity contribution is -0.120. The van der Waals surface area contributed by atoms with E-state index < -0.39 is 5.92 Å². The smallest absolute Gasteiger partial charge is 0.216 e. The SMILES string of the molecule is CCC/C(C)=C/C=C(\C)C(=O)C(CCNC(C)=O)C(O)=S. The van der Waals surface area contributed by atoms with Crippen molar-refractivity contribution in [3.05, 3.63) is 23.3 Å². The fourth-order valence-corrected chi connectivity index (χ4v) is 2.09.